The number of H-pyrrole nitrogens is 1. The molecule has 76 valence electrons. The number of hydrogen-bond donors (Lipinski definition) is 2. The lowest BCUT2D eigenvalue weighted by Crippen LogP contribution is -1.93. The highest BCUT2D eigenvalue weighted by molar-refractivity contribution is 5.85. The highest BCUT2D eigenvalue weighted by Gasteiger charge is 2.01. The van der Waals surface area contributed by atoms with Crippen LogP contribution in [0.3, 0.4) is 0 Å². The average molecular weight is 206 g/mol. The Balaban J connectivity index is 2.46. The summed E-state index contributed by atoms with van der Waals surface area (Å²) >= 11 is 0. The number of nitrogens with zero attached hydrogens (tertiary/aromatic N) is 1. The number of oxazole rings is 1. The fourth-order valence-corrected chi connectivity index (χ4v) is 1.11. The number of fused-ring (bicyclic) bond motifs is 1. The molecule has 0 aromatic carbocycles. The van der Waals surface area contributed by atoms with Crippen molar-refractivity contribution in [1.29, 1.82) is 0 Å². The summed E-state index contributed by atoms with van der Waals surface area (Å²) in [5.41, 5.74) is 1.19. The molecule has 2 rings (SSSR count). The van der Waals surface area contributed by atoms with Gasteiger partial charge in [-0.2, -0.15) is 0 Å². The molecule has 0 spiro atoms. The Bertz CT molecular complexity index is 593. The Morgan fingerprint density at radius 3 is 3.13 bits per heavy atom. The first kappa shape index (κ1) is 9.20. The van der Waals surface area contributed by atoms with E-state index in [9.17, 15) is 9.59 Å². The highest BCUT2D eigenvalue weighted by Crippen LogP contribution is 2.10. The van der Waals surface area contributed by atoms with Gasteiger partial charge in [0.25, 0.3) is 0 Å². The largest absolute Gasteiger partial charge is 0.478 e. The maximum atomic E-state index is 10.8. The van der Waals surface area contributed by atoms with E-state index in [1.54, 1.807) is 0 Å². The number of rotatable bonds is 2. The SMILES string of the molecule is O=C(O)/C=C/c1cnc2[nH]c(=O)oc2c1. The number of nitrogens with one attached hydrogen (secondary N) is 1. The quantitative estimate of drug-likeness (QED) is 0.702. The van der Waals surface area contributed by atoms with Gasteiger partial charge >= 0.3 is 11.7 Å². The van der Waals surface area contributed by atoms with Crippen molar-refractivity contribution in [2.24, 2.45) is 0 Å². The summed E-state index contributed by atoms with van der Waals surface area (Å²) < 4.78 is 4.76. The Kier molecular flexibility index (Phi) is 2.09. The van der Waals surface area contributed by atoms with Gasteiger partial charge in [-0.3, -0.25) is 4.98 Å². The fraction of sp³-hybridized carbons (Fsp3) is 0. The van der Waals surface area contributed by atoms with Crippen LogP contribution in [-0.4, -0.2) is 21.0 Å². The molecule has 0 radical (unpaired) electrons. The number of aliphatic carboxylic acids is 1. The van der Waals surface area contributed by atoms with Crippen molar-refractivity contribution in [2.45, 2.75) is 0 Å². The third-order valence-corrected chi connectivity index (χ3v) is 1.72. The van der Waals surface area contributed by atoms with Crippen LogP contribution in [0.1, 0.15) is 5.56 Å². The van der Waals surface area contributed by atoms with Crippen LogP contribution in [0.4, 0.5) is 0 Å². The minimum atomic E-state index is -1.05. The van der Waals surface area contributed by atoms with Gasteiger partial charge in [0.05, 0.1) is 0 Å². The minimum absolute atomic E-state index is 0.299. The topological polar surface area (TPSA) is 96.2 Å². The van der Waals surface area contributed by atoms with E-state index < -0.39 is 11.7 Å². The van der Waals surface area contributed by atoms with Gasteiger partial charge in [0.15, 0.2) is 11.2 Å². The van der Waals surface area contributed by atoms with Crippen LogP contribution in [0.25, 0.3) is 17.3 Å². The van der Waals surface area contributed by atoms with Gasteiger partial charge in [0, 0.05) is 12.3 Å². The van der Waals surface area contributed by atoms with Crippen molar-refractivity contribution in [1.82, 2.24) is 9.97 Å². The van der Waals surface area contributed by atoms with Gasteiger partial charge in [-0.25, -0.2) is 14.6 Å². The maximum absolute atomic E-state index is 10.8. The Hall–Kier alpha value is -2.37. The number of carboxylic acids is 1. The smallest absolute Gasteiger partial charge is 0.418 e. The molecule has 2 aromatic rings. The Morgan fingerprint density at radius 1 is 1.60 bits per heavy atom. The molecule has 6 nitrogen and oxygen atoms in total. The Labute approximate surface area is 82.9 Å². The summed E-state index contributed by atoms with van der Waals surface area (Å²) in [4.78, 5) is 27.3. The molecule has 0 amide bonds. The summed E-state index contributed by atoms with van der Waals surface area (Å²) in [6, 6.07) is 1.53. The summed E-state index contributed by atoms with van der Waals surface area (Å²) in [5.74, 6) is -1.64. The van der Waals surface area contributed by atoms with Crippen LogP contribution in [0.15, 0.2) is 27.6 Å². The molecule has 0 saturated heterocycles. The number of hydrogen-bond acceptors (Lipinski definition) is 4. The van der Waals surface area contributed by atoms with Crippen molar-refractivity contribution in [2.75, 3.05) is 0 Å². The summed E-state index contributed by atoms with van der Waals surface area (Å²) in [6.07, 6.45) is 3.78. The number of aromatic nitrogens is 2. The molecule has 0 aliphatic carbocycles. The van der Waals surface area contributed by atoms with Crippen molar-refractivity contribution in [3.63, 3.8) is 0 Å². The molecule has 0 saturated carbocycles. The monoisotopic (exact) mass is 206 g/mol. The van der Waals surface area contributed by atoms with E-state index >= 15 is 0 Å². The van der Waals surface area contributed by atoms with E-state index in [1.165, 1.54) is 18.3 Å². The zero-order valence-corrected chi connectivity index (χ0v) is 7.43. The van der Waals surface area contributed by atoms with E-state index in [0.717, 1.165) is 6.08 Å². The first-order valence-corrected chi connectivity index (χ1v) is 4.05. The third kappa shape index (κ3) is 1.93. The molecule has 0 unspecified atom stereocenters. The van der Waals surface area contributed by atoms with E-state index in [4.69, 9.17) is 9.52 Å². The first-order chi connectivity index (χ1) is 7.15. The molecule has 2 aromatic heterocycles. The third-order valence-electron chi connectivity index (χ3n) is 1.72. The molecule has 2 N–H and O–H groups in total. The second-order valence-electron chi connectivity index (χ2n) is 2.80. The van der Waals surface area contributed by atoms with E-state index in [2.05, 4.69) is 9.97 Å². The minimum Gasteiger partial charge on any atom is -0.478 e. The van der Waals surface area contributed by atoms with Crippen LogP contribution in [-0.2, 0) is 4.79 Å². The predicted octanol–water partition coefficient (Wildman–Crippen LogP) is 0.614. The summed E-state index contributed by atoms with van der Waals surface area (Å²) in [5, 5.41) is 8.41. The van der Waals surface area contributed by atoms with Gasteiger partial charge in [0.1, 0.15) is 0 Å². The summed E-state index contributed by atoms with van der Waals surface area (Å²) in [6.45, 7) is 0. The molecular formula is C9H6N2O4. The van der Waals surface area contributed by atoms with Crippen LogP contribution in [0.2, 0.25) is 0 Å². The van der Waals surface area contributed by atoms with E-state index in [0.29, 0.717) is 16.8 Å². The van der Waals surface area contributed by atoms with Crippen LogP contribution in [0, 0.1) is 0 Å². The molecule has 0 aliphatic heterocycles. The number of aromatic amines is 1. The number of carbonyl (C=O) groups is 1. The van der Waals surface area contributed by atoms with Crippen LogP contribution >= 0.6 is 0 Å². The Morgan fingerprint density at radius 2 is 2.40 bits per heavy atom. The van der Waals surface area contributed by atoms with Crippen LogP contribution in [0.5, 0.6) is 0 Å². The van der Waals surface area contributed by atoms with Crippen molar-refractivity contribution < 1.29 is 14.3 Å². The number of pyridine rings is 1. The van der Waals surface area contributed by atoms with E-state index in [-0.39, 0.29) is 0 Å². The van der Waals surface area contributed by atoms with Crippen LogP contribution < -0.4 is 5.76 Å². The van der Waals surface area contributed by atoms with E-state index in [1.807, 2.05) is 0 Å². The van der Waals surface area contributed by atoms with Crippen molar-refractivity contribution >= 4 is 23.3 Å². The zero-order chi connectivity index (χ0) is 10.8. The molecular weight excluding hydrogens is 200 g/mol. The second-order valence-corrected chi connectivity index (χ2v) is 2.80. The van der Waals surface area contributed by atoms with Crippen molar-refractivity contribution in [3.8, 4) is 0 Å². The average Bonchev–Trinajstić information content (AvgIpc) is 2.53. The zero-order valence-electron chi connectivity index (χ0n) is 7.43. The molecule has 6 heteroatoms. The van der Waals surface area contributed by atoms with Gasteiger partial charge in [-0.05, 0) is 17.7 Å². The standard InChI is InChI=1S/C9H6N2O4/c12-7(13)2-1-5-3-6-8(10-4-5)11-9(14)15-6/h1-4H,(H,12,13)(H,10,11,14)/b2-1+. The lowest BCUT2D eigenvalue weighted by atomic mass is 10.2. The van der Waals surface area contributed by atoms with Gasteiger partial charge in [-0.15, -0.1) is 0 Å². The maximum Gasteiger partial charge on any atom is 0.418 e. The molecule has 15 heavy (non-hydrogen) atoms. The number of carboxylic acid groups (broad SMARTS) is 1. The summed E-state index contributed by atoms with van der Waals surface area (Å²) in [7, 11) is 0. The fourth-order valence-electron chi connectivity index (χ4n) is 1.11. The second kappa shape index (κ2) is 3.41. The first-order valence-electron chi connectivity index (χ1n) is 4.05. The molecule has 2 heterocycles. The van der Waals surface area contributed by atoms with Gasteiger partial charge in [-0.1, -0.05) is 0 Å². The predicted molar refractivity (Wildman–Crippen MR) is 51.3 cm³/mol. The lowest BCUT2D eigenvalue weighted by Gasteiger charge is -1.90. The highest BCUT2D eigenvalue weighted by atomic mass is 16.4. The normalized spacial score (nSPS) is 11.2. The molecule has 0 aliphatic rings. The van der Waals surface area contributed by atoms with Crippen molar-refractivity contribution in [3.05, 3.63) is 34.5 Å². The molecule has 0 atom stereocenters. The van der Waals surface area contributed by atoms with Gasteiger partial charge < -0.3 is 9.52 Å². The van der Waals surface area contributed by atoms with Gasteiger partial charge in [0.2, 0.25) is 0 Å². The lowest BCUT2D eigenvalue weighted by molar-refractivity contribution is -0.131. The molecule has 0 bridgehead atoms. The molecule has 0 fully saturated rings.